The molecule has 29 heavy (non-hydrogen) atoms. The number of nitrogens with zero attached hydrogens (tertiary/aromatic N) is 1. The van der Waals surface area contributed by atoms with Crippen LogP contribution in [0.25, 0.3) is 0 Å². The second kappa shape index (κ2) is 8.24. The normalized spacial score (nSPS) is 22.6. The van der Waals surface area contributed by atoms with Crippen molar-refractivity contribution in [1.82, 2.24) is 9.71 Å². The van der Waals surface area contributed by atoms with Crippen molar-refractivity contribution in [2.75, 3.05) is 13.2 Å². The van der Waals surface area contributed by atoms with Gasteiger partial charge in [0.1, 0.15) is 16.9 Å². The van der Waals surface area contributed by atoms with Gasteiger partial charge in [-0.1, -0.05) is 17.7 Å². The molecule has 1 aromatic heterocycles. The van der Waals surface area contributed by atoms with E-state index in [0.717, 1.165) is 6.07 Å². The van der Waals surface area contributed by atoms with Crippen LogP contribution in [0.5, 0.6) is 5.75 Å². The maximum atomic E-state index is 13.5. The number of halogens is 4. The summed E-state index contributed by atoms with van der Waals surface area (Å²) in [6.07, 6.45) is -2.64. The molecule has 0 fully saturated rings. The zero-order valence-electron chi connectivity index (χ0n) is 16.4. The van der Waals surface area contributed by atoms with Gasteiger partial charge in [0.25, 0.3) is 0 Å². The van der Waals surface area contributed by atoms with Gasteiger partial charge in [0.2, 0.25) is 5.60 Å². The number of aliphatic hydroxyl groups is 1. The first-order valence-electron chi connectivity index (χ1n) is 8.86. The van der Waals surface area contributed by atoms with Gasteiger partial charge in [0.15, 0.2) is 10.9 Å². The van der Waals surface area contributed by atoms with E-state index in [4.69, 9.17) is 22.1 Å². The quantitative estimate of drug-likeness (QED) is 0.331. The van der Waals surface area contributed by atoms with Crippen molar-refractivity contribution in [3.63, 3.8) is 0 Å². The fraction of sp³-hybridized carbons (Fsp3) is 0.611. The fourth-order valence-corrected chi connectivity index (χ4v) is 4.05. The Morgan fingerprint density at radius 2 is 2.10 bits per heavy atom. The topological polar surface area (TPSA) is 103 Å². The van der Waals surface area contributed by atoms with Crippen LogP contribution in [0.2, 0.25) is 5.15 Å². The molecule has 0 radical (unpaired) electrons. The van der Waals surface area contributed by atoms with Gasteiger partial charge in [-0.05, 0) is 39.7 Å². The molecule has 2 heterocycles. The van der Waals surface area contributed by atoms with E-state index in [1.807, 2.05) is 0 Å². The Balaban J connectivity index is 2.65. The third-order valence-corrected chi connectivity index (χ3v) is 6.66. The molecule has 2 rings (SSSR count). The molecule has 164 valence electrons. The van der Waals surface area contributed by atoms with Gasteiger partial charge >= 0.3 is 6.18 Å². The zero-order chi connectivity index (χ0) is 22.3. The Kier molecular flexibility index (Phi) is 6.88. The number of hydrogen-bond donors (Lipinski definition) is 3. The van der Waals surface area contributed by atoms with Gasteiger partial charge in [-0.15, -0.1) is 11.3 Å². The highest BCUT2D eigenvalue weighted by atomic mass is 35.5. The van der Waals surface area contributed by atoms with Gasteiger partial charge in [-0.3, -0.25) is 0 Å². The van der Waals surface area contributed by atoms with Gasteiger partial charge in [0.05, 0.1) is 5.69 Å². The molecule has 1 aliphatic rings. The predicted molar refractivity (Wildman–Crippen MR) is 106 cm³/mol. The minimum Gasteiger partial charge on any atom is -0.598 e. The molecule has 0 bridgehead atoms. The second-order valence-corrected chi connectivity index (χ2v) is 10.2. The summed E-state index contributed by atoms with van der Waals surface area (Å²) in [6, 6.07) is 1.07. The van der Waals surface area contributed by atoms with Crippen LogP contribution in [0.1, 0.15) is 44.9 Å². The Morgan fingerprint density at radius 1 is 1.48 bits per heavy atom. The van der Waals surface area contributed by atoms with Crippen molar-refractivity contribution < 1.29 is 27.6 Å². The van der Waals surface area contributed by atoms with E-state index >= 15 is 0 Å². The lowest BCUT2D eigenvalue weighted by molar-refractivity contribution is -0.263. The summed E-state index contributed by atoms with van der Waals surface area (Å²) in [7, 11) is 0. The standard InChI is InChI=1S/C18H25ClF3N3O3S/c1-5-6-7-16(25-29(27)15(2,3)4)10-28-13-11(16)8-12(24-14(13)19)17(26,9-23)18(20,21)22/h5,8,25-26H,1,6-7,9-10,23H2,2-4H3. The summed E-state index contributed by atoms with van der Waals surface area (Å²) in [6.45, 7) is 7.79. The summed E-state index contributed by atoms with van der Waals surface area (Å²) >= 11 is 4.53. The maximum Gasteiger partial charge on any atom is 0.424 e. The molecule has 0 spiro atoms. The van der Waals surface area contributed by atoms with Crippen LogP contribution >= 0.6 is 11.6 Å². The number of fused-ring (bicyclic) bond motifs is 1. The third-order valence-electron chi connectivity index (χ3n) is 4.72. The Hall–Kier alpha value is -1.04. The predicted octanol–water partition coefficient (Wildman–Crippen LogP) is 3.05. The first-order chi connectivity index (χ1) is 13.2. The number of allylic oxidation sites excluding steroid dienone is 1. The zero-order valence-corrected chi connectivity index (χ0v) is 18.0. The molecular weight excluding hydrogens is 431 g/mol. The lowest BCUT2D eigenvalue weighted by Gasteiger charge is -2.34. The first kappa shape index (κ1) is 24.2. The van der Waals surface area contributed by atoms with E-state index in [0.29, 0.717) is 12.8 Å². The Bertz CT molecular complexity index is 775. The van der Waals surface area contributed by atoms with Crippen LogP contribution in [0.15, 0.2) is 18.7 Å². The summed E-state index contributed by atoms with van der Waals surface area (Å²) in [4.78, 5) is 3.69. The minimum atomic E-state index is -5.07. The summed E-state index contributed by atoms with van der Waals surface area (Å²) in [5.74, 6) is 0.0828. The van der Waals surface area contributed by atoms with E-state index in [-0.39, 0.29) is 23.1 Å². The molecule has 0 saturated carbocycles. The Labute approximate surface area is 176 Å². The summed E-state index contributed by atoms with van der Waals surface area (Å²) in [5.41, 5.74) is 0.246. The molecular formula is C18H25ClF3N3O3S. The molecule has 0 amide bonds. The van der Waals surface area contributed by atoms with E-state index in [9.17, 15) is 22.8 Å². The highest BCUT2D eigenvalue weighted by Crippen LogP contribution is 2.47. The number of nitrogens with two attached hydrogens (primary N) is 1. The van der Waals surface area contributed by atoms with Crippen LogP contribution in [-0.2, 0) is 22.5 Å². The number of alkyl halides is 3. The van der Waals surface area contributed by atoms with E-state index in [1.54, 1.807) is 26.8 Å². The van der Waals surface area contributed by atoms with Crippen LogP contribution in [0, 0.1) is 0 Å². The average Bonchev–Trinajstić information content (AvgIpc) is 2.96. The minimum absolute atomic E-state index is 0.0179. The van der Waals surface area contributed by atoms with Gasteiger partial charge in [-0.2, -0.15) is 13.2 Å². The second-order valence-electron chi connectivity index (χ2n) is 7.92. The highest BCUT2D eigenvalue weighted by Gasteiger charge is 2.57. The molecule has 1 aliphatic heterocycles. The van der Waals surface area contributed by atoms with Crippen molar-refractivity contribution >= 4 is 23.0 Å². The smallest absolute Gasteiger partial charge is 0.424 e. The number of aromatic nitrogens is 1. The van der Waals surface area contributed by atoms with Crippen molar-refractivity contribution in [2.24, 2.45) is 5.73 Å². The third kappa shape index (κ3) is 4.52. The fourth-order valence-electron chi connectivity index (χ4n) is 2.87. The number of ether oxygens (including phenoxy) is 1. The lowest BCUT2D eigenvalue weighted by atomic mass is 9.86. The van der Waals surface area contributed by atoms with Gasteiger partial charge < -0.3 is 20.1 Å². The molecule has 1 aromatic rings. The average molecular weight is 456 g/mol. The van der Waals surface area contributed by atoms with Crippen molar-refractivity contribution in [1.29, 1.82) is 0 Å². The summed E-state index contributed by atoms with van der Waals surface area (Å²) in [5, 5.41) is 9.90. The summed E-state index contributed by atoms with van der Waals surface area (Å²) < 4.78 is 61.3. The van der Waals surface area contributed by atoms with Crippen molar-refractivity contribution in [3.8, 4) is 5.75 Å². The van der Waals surface area contributed by atoms with Gasteiger partial charge in [0, 0.05) is 23.5 Å². The molecule has 11 heteroatoms. The van der Waals surface area contributed by atoms with E-state index in [2.05, 4.69) is 16.3 Å². The SMILES string of the molecule is C=CCCC1(N[S+]([O-])C(C)(C)C)COc2c1cc(C(O)(CN)C(F)(F)F)nc2Cl. The maximum absolute atomic E-state index is 13.5. The number of hydrogen-bond acceptors (Lipinski definition) is 6. The van der Waals surface area contributed by atoms with E-state index in [1.165, 1.54) is 0 Å². The lowest BCUT2D eigenvalue weighted by Crippen LogP contribution is -2.53. The molecule has 0 aromatic carbocycles. The van der Waals surface area contributed by atoms with Crippen LogP contribution in [0.4, 0.5) is 13.2 Å². The first-order valence-corrected chi connectivity index (χ1v) is 10.4. The number of nitrogens with one attached hydrogen (secondary N) is 1. The molecule has 6 nitrogen and oxygen atoms in total. The number of rotatable bonds is 7. The van der Waals surface area contributed by atoms with Crippen LogP contribution in [-0.4, -0.2) is 38.7 Å². The van der Waals surface area contributed by atoms with Crippen LogP contribution in [0.3, 0.4) is 0 Å². The highest BCUT2D eigenvalue weighted by molar-refractivity contribution is 7.90. The molecule has 4 N–H and O–H groups in total. The number of pyridine rings is 1. The largest absolute Gasteiger partial charge is 0.598 e. The molecule has 3 atom stereocenters. The van der Waals surface area contributed by atoms with Crippen molar-refractivity contribution in [2.45, 2.75) is 55.7 Å². The molecule has 0 saturated heterocycles. The monoisotopic (exact) mass is 455 g/mol. The van der Waals surface area contributed by atoms with Crippen LogP contribution < -0.4 is 15.2 Å². The van der Waals surface area contributed by atoms with Gasteiger partial charge in [-0.25, -0.2) is 4.98 Å². The van der Waals surface area contributed by atoms with Crippen molar-refractivity contribution in [3.05, 3.63) is 35.1 Å². The molecule has 3 unspecified atom stereocenters. The molecule has 0 aliphatic carbocycles. The Morgan fingerprint density at radius 3 is 2.59 bits per heavy atom. The van der Waals surface area contributed by atoms with E-state index < -0.39 is 45.7 Å².